The van der Waals surface area contributed by atoms with E-state index in [1.54, 1.807) is 36.0 Å². The molecule has 0 amide bonds. The minimum atomic E-state index is -0.778. The predicted octanol–water partition coefficient (Wildman–Crippen LogP) is 3.12. The number of halogens is 2. The van der Waals surface area contributed by atoms with Gasteiger partial charge >= 0.3 is 0 Å². The smallest absolute Gasteiger partial charge is 0.153 e. The van der Waals surface area contributed by atoms with E-state index in [2.05, 4.69) is 25.3 Å². The molecule has 3 heterocycles. The number of hydrogen-bond donors (Lipinski definition) is 2. The molecular formula is C19H14F2N8. The van der Waals surface area contributed by atoms with Gasteiger partial charge in [-0.2, -0.15) is 5.26 Å². The zero-order valence-electron chi connectivity index (χ0n) is 15.1. The quantitative estimate of drug-likeness (QED) is 0.548. The summed E-state index contributed by atoms with van der Waals surface area (Å²) in [7, 11) is 0. The number of imidazole rings is 1. The molecule has 3 aromatic heterocycles. The second-order valence-corrected chi connectivity index (χ2v) is 6.23. The van der Waals surface area contributed by atoms with Crippen LogP contribution in [0.2, 0.25) is 0 Å². The fourth-order valence-electron chi connectivity index (χ4n) is 3.06. The first-order valence-corrected chi connectivity index (χ1v) is 8.54. The maximum absolute atomic E-state index is 14.4. The Kier molecular flexibility index (Phi) is 4.48. The predicted molar refractivity (Wildman–Crippen MR) is 102 cm³/mol. The Morgan fingerprint density at radius 1 is 1.28 bits per heavy atom. The fourth-order valence-corrected chi connectivity index (χ4v) is 3.06. The first-order valence-electron chi connectivity index (χ1n) is 8.54. The first-order chi connectivity index (χ1) is 14.0. The first kappa shape index (κ1) is 18.2. The zero-order valence-corrected chi connectivity index (χ0v) is 15.1. The number of nitrogens with zero attached hydrogens (tertiary/aromatic N) is 6. The lowest BCUT2D eigenvalue weighted by atomic mass is 10.2. The van der Waals surface area contributed by atoms with Crippen LogP contribution in [0.25, 0.3) is 16.7 Å². The van der Waals surface area contributed by atoms with Crippen molar-refractivity contribution in [2.75, 3.05) is 11.1 Å². The highest BCUT2D eigenvalue weighted by atomic mass is 19.1. The highest BCUT2D eigenvalue weighted by molar-refractivity contribution is 5.79. The molecule has 0 fully saturated rings. The third-order valence-corrected chi connectivity index (χ3v) is 4.34. The molecule has 0 spiro atoms. The van der Waals surface area contributed by atoms with E-state index in [1.807, 2.05) is 6.07 Å². The molecule has 0 radical (unpaired) electrons. The lowest BCUT2D eigenvalue weighted by Crippen LogP contribution is -2.15. The molecule has 1 atom stereocenters. The molecule has 1 aromatic carbocycles. The molecule has 0 aliphatic rings. The van der Waals surface area contributed by atoms with Crippen molar-refractivity contribution in [3.63, 3.8) is 0 Å². The van der Waals surface area contributed by atoms with Crippen LogP contribution >= 0.6 is 0 Å². The number of benzene rings is 1. The topological polar surface area (TPSA) is 118 Å². The Balaban J connectivity index is 1.89. The summed E-state index contributed by atoms with van der Waals surface area (Å²) in [6.45, 7) is 1.75. The van der Waals surface area contributed by atoms with Gasteiger partial charge in [-0.05, 0) is 19.1 Å². The third kappa shape index (κ3) is 3.19. The monoisotopic (exact) mass is 392 g/mol. The van der Waals surface area contributed by atoms with Crippen LogP contribution in [0.4, 0.5) is 20.4 Å². The van der Waals surface area contributed by atoms with Crippen LogP contribution < -0.4 is 11.1 Å². The number of nitrogens with one attached hydrogen (secondary N) is 1. The Morgan fingerprint density at radius 2 is 2.10 bits per heavy atom. The number of rotatable bonds is 4. The number of nitrogens with two attached hydrogens (primary N) is 1. The number of pyridine rings is 1. The van der Waals surface area contributed by atoms with E-state index >= 15 is 0 Å². The maximum Gasteiger partial charge on any atom is 0.153 e. The SMILES string of the molecule is C[C@@H](Nc1ncnc(N)c1C#N)c1nc2c(F)cc(F)cc2n1-c1cccnc1. The van der Waals surface area contributed by atoms with Gasteiger partial charge in [-0.1, -0.05) is 0 Å². The molecule has 8 nitrogen and oxygen atoms in total. The summed E-state index contributed by atoms with van der Waals surface area (Å²) in [5.41, 5.74) is 6.66. The van der Waals surface area contributed by atoms with Gasteiger partial charge in [-0.25, -0.2) is 23.7 Å². The maximum atomic E-state index is 14.4. The molecule has 0 aliphatic carbocycles. The van der Waals surface area contributed by atoms with Crippen LogP contribution in [-0.4, -0.2) is 24.5 Å². The number of fused-ring (bicyclic) bond motifs is 1. The molecule has 4 rings (SSSR count). The Hall–Kier alpha value is -4.13. The fraction of sp³-hybridized carbons (Fsp3) is 0.105. The van der Waals surface area contributed by atoms with Gasteiger partial charge in [-0.3, -0.25) is 9.55 Å². The molecular weight excluding hydrogens is 378 g/mol. The van der Waals surface area contributed by atoms with Gasteiger partial charge in [0.2, 0.25) is 0 Å². The summed E-state index contributed by atoms with van der Waals surface area (Å²) >= 11 is 0. The van der Waals surface area contributed by atoms with E-state index in [-0.39, 0.29) is 28.2 Å². The summed E-state index contributed by atoms with van der Waals surface area (Å²) in [5.74, 6) is -0.878. The average molecular weight is 392 g/mol. The van der Waals surface area contributed by atoms with Gasteiger partial charge in [0, 0.05) is 18.3 Å². The average Bonchev–Trinajstić information content (AvgIpc) is 3.09. The van der Waals surface area contributed by atoms with E-state index < -0.39 is 17.7 Å². The molecule has 3 N–H and O–H groups in total. The van der Waals surface area contributed by atoms with Crippen molar-refractivity contribution in [2.45, 2.75) is 13.0 Å². The van der Waals surface area contributed by atoms with Crippen LogP contribution in [0.15, 0.2) is 43.0 Å². The van der Waals surface area contributed by atoms with Gasteiger partial charge in [0.25, 0.3) is 0 Å². The molecule has 0 saturated heterocycles. The van der Waals surface area contributed by atoms with Crippen LogP contribution in [0.5, 0.6) is 0 Å². The number of nitrogen functional groups attached to an aromatic ring is 1. The van der Waals surface area contributed by atoms with Gasteiger partial charge in [0.05, 0.1) is 23.4 Å². The molecule has 10 heteroatoms. The molecule has 0 unspecified atom stereocenters. The van der Waals surface area contributed by atoms with E-state index in [0.29, 0.717) is 11.5 Å². The molecule has 0 saturated carbocycles. The molecule has 0 bridgehead atoms. The van der Waals surface area contributed by atoms with Crippen molar-refractivity contribution in [2.24, 2.45) is 0 Å². The number of hydrogen-bond acceptors (Lipinski definition) is 7. The normalized spacial score (nSPS) is 11.9. The molecule has 29 heavy (non-hydrogen) atoms. The second-order valence-electron chi connectivity index (χ2n) is 6.23. The lowest BCUT2D eigenvalue weighted by Gasteiger charge is -2.17. The summed E-state index contributed by atoms with van der Waals surface area (Å²) < 4.78 is 29.9. The van der Waals surface area contributed by atoms with Crippen LogP contribution in [0, 0.1) is 23.0 Å². The lowest BCUT2D eigenvalue weighted by molar-refractivity contribution is 0.590. The number of nitriles is 1. The summed E-state index contributed by atoms with van der Waals surface area (Å²) in [6.07, 6.45) is 4.38. The zero-order chi connectivity index (χ0) is 20.5. The molecule has 4 aromatic rings. The van der Waals surface area contributed by atoms with E-state index in [4.69, 9.17) is 5.73 Å². The van der Waals surface area contributed by atoms with E-state index in [0.717, 1.165) is 6.07 Å². The van der Waals surface area contributed by atoms with Crippen molar-refractivity contribution >= 4 is 22.7 Å². The van der Waals surface area contributed by atoms with Crippen molar-refractivity contribution < 1.29 is 8.78 Å². The van der Waals surface area contributed by atoms with Crippen LogP contribution in [0.3, 0.4) is 0 Å². The third-order valence-electron chi connectivity index (χ3n) is 4.34. The Bertz CT molecular complexity index is 1250. The summed E-state index contributed by atoms with van der Waals surface area (Å²) in [6, 6.07) is 6.84. The van der Waals surface area contributed by atoms with Gasteiger partial charge in [0.15, 0.2) is 5.82 Å². The van der Waals surface area contributed by atoms with E-state index in [1.165, 1.54) is 12.4 Å². The number of anilines is 2. The van der Waals surface area contributed by atoms with Crippen LogP contribution in [-0.2, 0) is 0 Å². The van der Waals surface area contributed by atoms with Crippen molar-refractivity contribution in [1.82, 2.24) is 24.5 Å². The van der Waals surface area contributed by atoms with Gasteiger partial charge in [0.1, 0.15) is 46.8 Å². The Morgan fingerprint density at radius 3 is 2.83 bits per heavy atom. The van der Waals surface area contributed by atoms with Gasteiger partial charge < -0.3 is 11.1 Å². The minimum absolute atomic E-state index is 0.0154. The second kappa shape index (κ2) is 7.12. The number of aromatic nitrogens is 5. The summed E-state index contributed by atoms with van der Waals surface area (Å²) in [5, 5.41) is 12.4. The molecule has 0 aliphatic heterocycles. The van der Waals surface area contributed by atoms with Crippen LogP contribution in [0.1, 0.15) is 24.4 Å². The minimum Gasteiger partial charge on any atom is -0.382 e. The van der Waals surface area contributed by atoms with Crippen molar-refractivity contribution in [1.29, 1.82) is 5.26 Å². The highest BCUT2D eigenvalue weighted by Gasteiger charge is 2.22. The van der Waals surface area contributed by atoms with Crippen molar-refractivity contribution in [3.05, 3.63) is 66.0 Å². The van der Waals surface area contributed by atoms with Crippen molar-refractivity contribution in [3.8, 4) is 11.8 Å². The van der Waals surface area contributed by atoms with Gasteiger partial charge in [-0.15, -0.1) is 0 Å². The van der Waals surface area contributed by atoms with E-state index in [9.17, 15) is 14.0 Å². The largest absolute Gasteiger partial charge is 0.382 e. The standard InChI is InChI=1S/C19H14F2N8/c1-10(27-18-13(7-22)17(23)25-9-26-18)19-28-16-14(21)5-11(20)6-15(16)29(19)12-3-2-4-24-8-12/h2-6,8-10H,1H3,(H3,23,25,26,27)/t10-/m1/s1. The summed E-state index contributed by atoms with van der Waals surface area (Å²) in [4.78, 5) is 16.3. The molecule has 144 valence electrons. The highest BCUT2D eigenvalue weighted by Crippen LogP contribution is 2.29. The Labute approximate surface area is 163 Å².